The first kappa shape index (κ1) is 19.5. The van der Waals surface area contributed by atoms with E-state index in [4.69, 9.17) is 9.16 Å². The van der Waals surface area contributed by atoms with Crippen LogP contribution in [-0.4, -0.2) is 45.2 Å². The Labute approximate surface area is 136 Å². The van der Waals surface area contributed by atoms with Gasteiger partial charge in [0.25, 0.3) is 0 Å². The van der Waals surface area contributed by atoms with Crippen LogP contribution in [0.15, 0.2) is 0 Å². The van der Waals surface area contributed by atoms with E-state index in [-0.39, 0.29) is 23.3 Å². The quantitative estimate of drug-likeness (QED) is 0.780. The van der Waals surface area contributed by atoms with Crippen molar-refractivity contribution in [1.82, 2.24) is 10.6 Å². The molecule has 1 rings (SSSR count). The average molecular weight is 331 g/mol. The molecule has 1 amide bonds. The SMILES string of the molecule is CC(C)(C)OC(=O)NC1CNC[C@H](O[Si](C)(C)C(C)(C)C)C1. The van der Waals surface area contributed by atoms with E-state index in [9.17, 15) is 4.79 Å². The van der Waals surface area contributed by atoms with Gasteiger partial charge in [0.1, 0.15) is 5.60 Å². The second kappa shape index (κ2) is 6.89. The highest BCUT2D eigenvalue weighted by atomic mass is 28.4. The van der Waals surface area contributed by atoms with Crippen LogP contribution in [0.25, 0.3) is 0 Å². The van der Waals surface area contributed by atoms with Crippen LogP contribution in [0.5, 0.6) is 0 Å². The Hall–Kier alpha value is -0.593. The Morgan fingerprint density at radius 2 is 1.73 bits per heavy atom. The van der Waals surface area contributed by atoms with Gasteiger partial charge in [-0.15, -0.1) is 0 Å². The molecule has 1 fully saturated rings. The summed E-state index contributed by atoms with van der Waals surface area (Å²) in [5, 5.41) is 6.49. The van der Waals surface area contributed by atoms with Crippen LogP contribution in [0.1, 0.15) is 48.0 Å². The first-order chi connectivity index (χ1) is 9.80. The van der Waals surface area contributed by atoms with Crippen LogP contribution in [0.3, 0.4) is 0 Å². The van der Waals surface area contributed by atoms with Crippen LogP contribution < -0.4 is 10.6 Å². The molecule has 130 valence electrons. The van der Waals surface area contributed by atoms with Crippen LogP contribution in [0.2, 0.25) is 18.1 Å². The van der Waals surface area contributed by atoms with Gasteiger partial charge >= 0.3 is 6.09 Å². The van der Waals surface area contributed by atoms with Crippen molar-refractivity contribution in [3.8, 4) is 0 Å². The molecular formula is C16H34N2O3Si. The molecule has 2 atom stereocenters. The Bertz CT molecular complexity index is 386. The number of hydrogen-bond acceptors (Lipinski definition) is 4. The number of piperidine rings is 1. The molecule has 5 nitrogen and oxygen atoms in total. The van der Waals surface area contributed by atoms with Crippen LogP contribution >= 0.6 is 0 Å². The van der Waals surface area contributed by atoms with Gasteiger partial charge in [0, 0.05) is 19.1 Å². The minimum absolute atomic E-state index is 0.0540. The summed E-state index contributed by atoms with van der Waals surface area (Å²) in [7, 11) is -1.78. The van der Waals surface area contributed by atoms with Gasteiger partial charge in [0.05, 0.1) is 6.10 Å². The standard InChI is InChI=1S/C16H34N2O3Si/c1-15(2,3)20-14(19)18-12-9-13(11-17-10-12)21-22(7,8)16(4,5)6/h12-13,17H,9-11H2,1-8H3,(H,18,19)/t12?,13-/m1/s1. The largest absolute Gasteiger partial charge is 0.444 e. The van der Waals surface area contributed by atoms with Crippen molar-refractivity contribution in [3.05, 3.63) is 0 Å². The normalized spacial score (nSPS) is 24.0. The first-order valence-corrected chi connectivity index (χ1v) is 11.1. The third kappa shape index (κ3) is 6.26. The molecule has 1 saturated heterocycles. The zero-order chi connectivity index (χ0) is 17.2. The molecule has 0 aromatic heterocycles. The molecule has 0 spiro atoms. The maximum atomic E-state index is 11.9. The van der Waals surface area contributed by atoms with Gasteiger partial charge in [-0.2, -0.15) is 0 Å². The summed E-state index contributed by atoms with van der Waals surface area (Å²) in [6.07, 6.45) is 0.625. The summed E-state index contributed by atoms with van der Waals surface area (Å²) in [5.41, 5.74) is -0.469. The molecule has 6 heteroatoms. The molecule has 1 unspecified atom stereocenters. The number of amides is 1. The minimum atomic E-state index is -1.78. The van der Waals surface area contributed by atoms with Crippen molar-refractivity contribution in [2.24, 2.45) is 0 Å². The van der Waals surface area contributed by atoms with Gasteiger partial charge in [0.2, 0.25) is 0 Å². The van der Waals surface area contributed by atoms with Gasteiger partial charge in [-0.05, 0) is 45.3 Å². The molecule has 1 aliphatic heterocycles. The minimum Gasteiger partial charge on any atom is -0.444 e. The monoisotopic (exact) mass is 330 g/mol. The highest BCUT2D eigenvalue weighted by molar-refractivity contribution is 6.74. The molecule has 0 radical (unpaired) electrons. The van der Waals surface area contributed by atoms with Crippen molar-refractivity contribution in [2.45, 2.75) is 83.8 Å². The Kier molecular flexibility index (Phi) is 6.09. The lowest BCUT2D eigenvalue weighted by Gasteiger charge is -2.41. The van der Waals surface area contributed by atoms with E-state index >= 15 is 0 Å². The van der Waals surface area contributed by atoms with Crippen molar-refractivity contribution < 1.29 is 14.0 Å². The fourth-order valence-electron chi connectivity index (χ4n) is 2.17. The van der Waals surface area contributed by atoms with Crippen LogP contribution in [0.4, 0.5) is 4.79 Å². The van der Waals surface area contributed by atoms with Gasteiger partial charge in [-0.25, -0.2) is 4.79 Å². The highest BCUT2D eigenvalue weighted by Crippen LogP contribution is 2.37. The van der Waals surface area contributed by atoms with Crippen LogP contribution in [0, 0.1) is 0 Å². The fraction of sp³-hybridized carbons (Fsp3) is 0.938. The van der Waals surface area contributed by atoms with E-state index in [2.05, 4.69) is 44.5 Å². The lowest BCUT2D eigenvalue weighted by Crippen LogP contribution is -2.55. The molecule has 22 heavy (non-hydrogen) atoms. The number of hydrogen-bond donors (Lipinski definition) is 2. The number of alkyl carbamates (subject to hydrolysis) is 1. The van der Waals surface area contributed by atoms with Gasteiger partial charge in [-0.1, -0.05) is 20.8 Å². The molecular weight excluding hydrogens is 296 g/mol. The molecule has 2 N–H and O–H groups in total. The maximum absolute atomic E-state index is 11.9. The smallest absolute Gasteiger partial charge is 0.407 e. The number of nitrogens with one attached hydrogen (secondary N) is 2. The third-order valence-electron chi connectivity index (χ3n) is 4.30. The predicted molar refractivity (Wildman–Crippen MR) is 92.7 cm³/mol. The molecule has 0 aromatic carbocycles. The average Bonchev–Trinajstić information content (AvgIpc) is 2.23. The summed E-state index contributed by atoms with van der Waals surface area (Å²) in [6, 6.07) is 0.0540. The number of rotatable bonds is 3. The lowest BCUT2D eigenvalue weighted by molar-refractivity contribution is 0.0468. The number of carbonyl (C=O) groups excluding carboxylic acids is 1. The molecule has 0 aromatic rings. The van der Waals surface area contributed by atoms with E-state index < -0.39 is 13.9 Å². The Morgan fingerprint density at radius 1 is 1.14 bits per heavy atom. The topological polar surface area (TPSA) is 59.6 Å². The van der Waals surface area contributed by atoms with E-state index in [1.807, 2.05) is 20.8 Å². The maximum Gasteiger partial charge on any atom is 0.407 e. The number of ether oxygens (including phenoxy) is 1. The van der Waals surface area contributed by atoms with Crippen molar-refractivity contribution in [1.29, 1.82) is 0 Å². The second-order valence-electron chi connectivity index (χ2n) is 8.74. The zero-order valence-corrected chi connectivity index (χ0v) is 16.5. The van der Waals surface area contributed by atoms with E-state index in [0.29, 0.717) is 0 Å². The fourth-order valence-corrected chi connectivity index (χ4v) is 3.54. The van der Waals surface area contributed by atoms with Crippen LogP contribution in [-0.2, 0) is 9.16 Å². The summed E-state index contributed by atoms with van der Waals surface area (Å²) in [5.74, 6) is 0. The third-order valence-corrected chi connectivity index (χ3v) is 8.83. The Balaban J connectivity index is 2.53. The zero-order valence-electron chi connectivity index (χ0n) is 15.5. The summed E-state index contributed by atoms with van der Waals surface area (Å²) >= 11 is 0. The van der Waals surface area contributed by atoms with Crippen molar-refractivity contribution >= 4 is 14.4 Å². The van der Waals surface area contributed by atoms with Gasteiger partial charge < -0.3 is 19.8 Å². The van der Waals surface area contributed by atoms with Gasteiger partial charge in [-0.3, -0.25) is 0 Å². The molecule has 0 bridgehead atoms. The van der Waals surface area contributed by atoms with Crippen molar-refractivity contribution in [2.75, 3.05) is 13.1 Å². The van der Waals surface area contributed by atoms with E-state index in [1.54, 1.807) is 0 Å². The Morgan fingerprint density at radius 3 is 2.23 bits per heavy atom. The van der Waals surface area contributed by atoms with Crippen molar-refractivity contribution in [3.63, 3.8) is 0 Å². The predicted octanol–water partition coefficient (Wildman–Crippen LogP) is 3.26. The summed E-state index contributed by atoms with van der Waals surface area (Å²) in [4.78, 5) is 11.9. The number of carbonyl (C=O) groups is 1. The van der Waals surface area contributed by atoms with E-state index in [0.717, 1.165) is 19.5 Å². The first-order valence-electron chi connectivity index (χ1n) is 8.18. The highest BCUT2D eigenvalue weighted by Gasteiger charge is 2.40. The molecule has 1 aliphatic rings. The second-order valence-corrected chi connectivity index (χ2v) is 13.5. The lowest BCUT2D eigenvalue weighted by atomic mass is 10.1. The van der Waals surface area contributed by atoms with E-state index in [1.165, 1.54) is 0 Å². The summed E-state index contributed by atoms with van der Waals surface area (Å²) in [6.45, 7) is 18.5. The molecule has 0 saturated carbocycles. The van der Waals surface area contributed by atoms with Gasteiger partial charge in [0.15, 0.2) is 8.32 Å². The molecule has 1 heterocycles. The summed E-state index contributed by atoms with van der Waals surface area (Å²) < 4.78 is 11.8. The molecule has 0 aliphatic carbocycles.